The second-order valence-corrected chi connectivity index (χ2v) is 6.14. The number of carbonyl (C=O) groups is 2. The van der Waals surface area contributed by atoms with Crippen LogP contribution in [-0.2, 0) is 9.59 Å². The Labute approximate surface area is 147 Å². The summed E-state index contributed by atoms with van der Waals surface area (Å²) in [5.41, 5.74) is 3.69. The van der Waals surface area contributed by atoms with Gasteiger partial charge in [-0.15, -0.1) is 0 Å². The summed E-state index contributed by atoms with van der Waals surface area (Å²) in [4.78, 5) is 26.4. The van der Waals surface area contributed by atoms with Crippen LogP contribution in [0.4, 0.5) is 11.4 Å². The monoisotopic (exact) mass is 338 g/mol. The Hall–Kier alpha value is -2.82. The SMILES string of the molecule is CCOc1ccc(N2C(=O)C[C@@H](Nc3cccc(C)c3C)C2=O)cc1. The van der Waals surface area contributed by atoms with E-state index in [1.54, 1.807) is 24.3 Å². The molecular weight excluding hydrogens is 316 g/mol. The largest absolute Gasteiger partial charge is 0.494 e. The first-order valence-electron chi connectivity index (χ1n) is 8.43. The van der Waals surface area contributed by atoms with E-state index in [2.05, 4.69) is 5.32 Å². The number of carbonyl (C=O) groups excluding carboxylic acids is 2. The summed E-state index contributed by atoms with van der Waals surface area (Å²) in [6.45, 7) is 6.51. The third-order valence-corrected chi connectivity index (χ3v) is 4.49. The van der Waals surface area contributed by atoms with Gasteiger partial charge in [0.25, 0.3) is 5.91 Å². The van der Waals surface area contributed by atoms with Crippen molar-refractivity contribution >= 4 is 23.2 Å². The summed E-state index contributed by atoms with van der Waals surface area (Å²) in [6.07, 6.45) is 0.152. The van der Waals surface area contributed by atoms with Crippen LogP contribution in [0.2, 0.25) is 0 Å². The van der Waals surface area contributed by atoms with E-state index in [1.807, 2.05) is 39.0 Å². The first-order valence-corrected chi connectivity index (χ1v) is 8.43. The van der Waals surface area contributed by atoms with Crippen LogP contribution in [0.1, 0.15) is 24.5 Å². The summed E-state index contributed by atoms with van der Waals surface area (Å²) in [7, 11) is 0. The van der Waals surface area contributed by atoms with Crippen LogP contribution >= 0.6 is 0 Å². The van der Waals surface area contributed by atoms with Gasteiger partial charge in [-0.2, -0.15) is 0 Å². The van der Waals surface area contributed by atoms with E-state index in [4.69, 9.17) is 4.74 Å². The molecule has 2 aromatic carbocycles. The molecule has 0 bridgehead atoms. The Balaban J connectivity index is 1.79. The summed E-state index contributed by atoms with van der Waals surface area (Å²) < 4.78 is 5.40. The van der Waals surface area contributed by atoms with E-state index in [0.717, 1.165) is 22.6 Å². The summed E-state index contributed by atoms with van der Waals surface area (Å²) in [5, 5.41) is 3.22. The highest BCUT2D eigenvalue weighted by Gasteiger charge is 2.39. The second kappa shape index (κ2) is 6.97. The number of imide groups is 1. The molecule has 0 aliphatic carbocycles. The van der Waals surface area contributed by atoms with Gasteiger partial charge < -0.3 is 10.1 Å². The van der Waals surface area contributed by atoms with Gasteiger partial charge in [-0.05, 0) is 62.2 Å². The number of hydrogen-bond acceptors (Lipinski definition) is 4. The van der Waals surface area contributed by atoms with Crippen molar-refractivity contribution in [1.29, 1.82) is 0 Å². The molecule has 25 heavy (non-hydrogen) atoms. The lowest BCUT2D eigenvalue weighted by Crippen LogP contribution is -2.34. The minimum atomic E-state index is -0.542. The number of ether oxygens (including phenoxy) is 1. The molecule has 2 aromatic rings. The Morgan fingerprint density at radius 3 is 2.52 bits per heavy atom. The zero-order valence-corrected chi connectivity index (χ0v) is 14.7. The molecule has 1 atom stereocenters. The van der Waals surface area contributed by atoms with E-state index < -0.39 is 6.04 Å². The molecule has 0 saturated carbocycles. The van der Waals surface area contributed by atoms with Crippen LogP contribution in [0.25, 0.3) is 0 Å². The number of hydrogen-bond donors (Lipinski definition) is 1. The third kappa shape index (κ3) is 3.36. The van der Waals surface area contributed by atoms with Crippen molar-refractivity contribution in [2.75, 3.05) is 16.8 Å². The average molecular weight is 338 g/mol. The molecule has 0 radical (unpaired) electrons. The number of anilines is 2. The summed E-state index contributed by atoms with van der Waals surface area (Å²) in [5.74, 6) is 0.294. The molecule has 130 valence electrons. The number of benzene rings is 2. The van der Waals surface area contributed by atoms with Gasteiger partial charge in [0, 0.05) is 5.69 Å². The molecule has 1 saturated heterocycles. The Kier molecular flexibility index (Phi) is 4.74. The average Bonchev–Trinajstić information content (AvgIpc) is 2.87. The molecular formula is C20H22N2O3. The van der Waals surface area contributed by atoms with Crippen molar-refractivity contribution in [3.63, 3.8) is 0 Å². The van der Waals surface area contributed by atoms with Crippen LogP contribution in [0, 0.1) is 13.8 Å². The normalized spacial score (nSPS) is 17.1. The van der Waals surface area contributed by atoms with E-state index in [-0.39, 0.29) is 18.2 Å². The Bertz CT molecular complexity index is 799. The molecule has 1 aliphatic heterocycles. The summed E-state index contributed by atoms with van der Waals surface area (Å²) in [6, 6.07) is 12.4. The van der Waals surface area contributed by atoms with Crippen LogP contribution in [0.15, 0.2) is 42.5 Å². The van der Waals surface area contributed by atoms with Gasteiger partial charge in [0.2, 0.25) is 5.91 Å². The van der Waals surface area contributed by atoms with E-state index >= 15 is 0 Å². The number of aryl methyl sites for hydroxylation is 1. The first kappa shape index (κ1) is 17.0. The Morgan fingerprint density at radius 2 is 1.84 bits per heavy atom. The predicted molar refractivity (Wildman–Crippen MR) is 98.0 cm³/mol. The molecule has 1 heterocycles. The quantitative estimate of drug-likeness (QED) is 0.849. The maximum atomic E-state index is 12.7. The predicted octanol–water partition coefficient (Wildman–Crippen LogP) is 3.45. The zero-order chi connectivity index (χ0) is 18.0. The second-order valence-electron chi connectivity index (χ2n) is 6.14. The molecule has 1 fully saturated rings. The molecule has 3 rings (SSSR count). The fraction of sp³-hybridized carbons (Fsp3) is 0.300. The molecule has 1 aliphatic rings. The first-order chi connectivity index (χ1) is 12.0. The van der Waals surface area contributed by atoms with Crippen molar-refractivity contribution < 1.29 is 14.3 Å². The van der Waals surface area contributed by atoms with Crippen molar-refractivity contribution in [2.45, 2.75) is 33.2 Å². The molecule has 0 spiro atoms. The topological polar surface area (TPSA) is 58.6 Å². The number of nitrogens with one attached hydrogen (secondary N) is 1. The van der Waals surface area contributed by atoms with Crippen LogP contribution in [-0.4, -0.2) is 24.5 Å². The fourth-order valence-electron chi connectivity index (χ4n) is 2.97. The highest BCUT2D eigenvalue weighted by molar-refractivity contribution is 6.23. The minimum absolute atomic E-state index is 0.152. The van der Waals surface area contributed by atoms with Crippen molar-refractivity contribution in [3.8, 4) is 5.75 Å². The molecule has 5 nitrogen and oxygen atoms in total. The van der Waals surface area contributed by atoms with Gasteiger partial charge >= 0.3 is 0 Å². The van der Waals surface area contributed by atoms with Crippen molar-refractivity contribution in [2.24, 2.45) is 0 Å². The smallest absolute Gasteiger partial charge is 0.256 e. The maximum absolute atomic E-state index is 12.7. The Morgan fingerprint density at radius 1 is 1.12 bits per heavy atom. The third-order valence-electron chi connectivity index (χ3n) is 4.49. The molecule has 1 N–H and O–H groups in total. The lowest BCUT2D eigenvalue weighted by Gasteiger charge is -2.18. The fourth-order valence-corrected chi connectivity index (χ4v) is 2.97. The van der Waals surface area contributed by atoms with Gasteiger partial charge in [0.1, 0.15) is 11.8 Å². The summed E-state index contributed by atoms with van der Waals surface area (Å²) >= 11 is 0. The van der Waals surface area contributed by atoms with Crippen molar-refractivity contribution in [1.82, 2.24) is 0 Å². The number of rotatable bonds is 5. The number of nitrogens with zero attached hydrogens (tertiary/aromatic N) is 1. The molecule has 0 unspecified atom stereocenters. The minimum Gasteiger partial charge on any atom is -0.494 e. The molecule has 2 amide bonds. The van der Waals surface area contributed by atoms with Crippen LogP contribution in [0.3, 0.4) is 0 Å². The van der Waals surface area contributed by atoms with E-state index in [9.17, 15) is 9.59 Å². The maximum Gasteiger partial charge on any atom is 0.256 e. The van der Waals surface area contributed by atoms with Gasteiger partial charge in [-0.3, -0.25) is 9.59 Å². The van der Waals surface area contributed by atoms with Gasteiger partial charge in [0.05, 0.1) is 18.7 Å². The lowest BCUT2D eigenvalue weighted by molar-refractivity contribution is -0.121. The van der Waals surface area contributed by atoms with Gasteiger partial charge in [0.15, 0.2) is 0 Å². The standard InChI is InChI=1S/C20H22N2O3/c1-4-25-16-10-8-15(9-11-16)22-19(23)12-18(20(22)24)21-17-7-5-6-13(2)14(17)3/h5-11,18,21H,4,12H2,1-3H3/t18-/m1/s1. The van der Waals surface area contributed by atoms with Crippen LogP contribution < -0.4 is 15.0 Å². The van der Waals surface area contributed by atoms with E-state index in [1.165, 1.54) is 4.90 Å². The van der Waals surface area contributed by atoms with Gasteiger partial charge in [-0.1, -0.05) is 12.1 Å². The van der Waals surface area contributed by atoms with Crippen LogP contribution in [0.5, 0.6) is 5.75 Å². The molecule has 5 heteroatoms. The van der Waals surface area contributed by atoms with E-state index in [0.29, 0.717) is 12.3 Å². The van der Waals surface area contributed by atoms with Gasteiger partial charge in [-0.25, -0.2) is 4.90 Å². The molecule has 0 aromatic heterocycles. The highest BCUT2D eigenvalue weighted by atomic mass is 16.5. The number of amides is 2. The highest BCUT2D eigenvalue weighted by Crippen LogP contribution is 2.28. The lowest BCUT2D eigenvalue weighted by atomic mass is 10.1. The van der Waals surface area contributed by atoms with Crippen molar-refractivity contribution in [3.05, 3.63) is 53.6 Å². The zero-order valence-electron chi connectivity index (χ0n) is 14.7.